The van der Waals surface area contributed by atoms with E-state index < -0.39 is 23.6 Å². The van der Waals surface area contributed by atoms with E-state index in [-0.39, 0.29) is 31.2 Å². The monoisotopic (exact) mass is 385 g/mol. The zero-order valence-electron chi connectivity index (χ0n) is 15.0. The van der Waals surface area contributed by atoms with Crippen LogP contribution in [-0.2, 0) is 20.6 Å². The maximum Gasteiger partial charge on any atom is 0.418 e. The first kappa shape index (κ1) is 20.7. The highest BCUT2D eigenvalue weighted by Crippen LogP contribution is 2.34. The van der Waals surface area contributed by atoms with E-state index in [2.05, 4.69) is 5.32 Å². The number of carbonyl (C=O) groups excluding carboxylic acids is 3. The molecule has 1 aromatic carbocycles. The Kier molecular flexibility index (Phi) is 6.81. The molecule has 1 saturated heterocycles. The van der Waals surface area contributed by atoms with Gasteiger partial charge in [0.15, 0.2) is 0 Å². The minimum atomic E-state index is -4.60. The molecule has 1 heterocycles. The second kappa shape index (κ2) is 8.88. The third kappa shape index (κ3) is 5.70. The predicted octanol–water partition coefficient (Wildman–Crippen LogP) is 2.50. The highest BCUT2D eigenvalue weighted by molar-refractivity contribution is 5.95. The number of piperidine rings is 1. The van der Waals surface area contributed by atoms with Crippen molar-refractivity contribution in [1.82, 2.24) is 9.80 Å². The smallest absolute Gasteiger partial charge is 0.333 e. The number of anilines is 1. The molecule has 148 valence electrons. The number of para-hydroxylation sites is 1. The molecule has 9 heteroatoms. The summed E-state index contributed by atoms with van der Waals surface area (Å²) >= 11 is 0. The normalized spacial score (nSPS) is 14.8. The average Bonchev–Trinajstić information content (AvgIpc) is 2.61. The number of carbonyl (C=O) groups is 3. The minimum absolute atomic E-state index is 0.103. The Morgan fingerprint density at radius 3 is 2.56 bits per heavy atom. The molecule has 0 aliphatic carbocycles. The van der Waals surface area contributed by atoms with E-state index in [1.165, 1.54) is 21.9 Å². The van der Waals surface area contributed by atoms with E-state index >= 15 is 0 Å². The Morgan fingerprint density at radius 1 is 1.22 bits per heavy atom. The van der Waals surface area contributed by atoms with Crippen LogP contribution >= 0.6 is 0 Å². The molecule has 6 nitrogen and oxygen atoms in total. The Balaban J connectivity index is 1.99. The fourth-order valence-corrected chi connectivity index (χ4v) is 2.87. The van der Waals surface area contributed by atoms with Crippen molar-refractivity contribution in [2.75, 3.05) is 31.5 Å². The average molecular weight is 385 g/mol. The molecule has 0 bridgehead atoms. The van der Waals surface area contributed by atoms with E-state index in [0.29, 0.717) is 13.0 Å². The van der Waals surface area contributed by atoms with Gasteiger partial charge in [0, 0.05) is 19.5 Å². The lowest BCUT2D eigenvalue weighted by Crippen LogP contribution is -2.46. The van der Waals surface area contributed by atoms with Crippen LogP contribution in [0.3, 0.4) is 0 Å². The predicted molar refractivity (Wildman–Crippen MR) is 92.8 cm³/mol. The number of hydrogen-bond donors (Lipinski definition) is 1. The Labute approximate surface area is 155 Å². The largest absolute Gasteiger partial charge is 0.418 e. The summed E-state index contributed by atoms with van der Waals surface area (Å²) in [6, 6.07) is 4.65. The van der Waals surface area contributed by atoms with Crippen molar-refractivity contribution in [3.05, 3.63) is 29.8 Å². The van der Waals surface area contributed by atoms with Crippen molar-refractivity contribution in [2.45, 2.75) is 32.4 Å². The van der Waals surface area contributed by atoms with Crippen molar-refractivity contribution in [3.8, 4) is 0 Å². The molecular formula is C18H22F3N3O3. The van der Waals surface area contributed by atoms with Crippen LogP contribution in [0.25, 0.3) is 0 Å². The molecule has 1 N–H and O–H groups in total. The van der Waals surface area contributed by atoms with Gasteiger partial charge in [0.1, 0.15) is 0 Å². The number of nitrogens with zero attached hydrogens (tertiary/aromatic N) is 2. The van der Waals surface area contributed by atoms with E-state index in [4.69, 9.17) is 0 Å². The number of benzene rings is 1. The maximum atomic E-state index is 13.0. The lowest BCUT2D eigenvalue weighted by molar-refractivity contribution is -0.142. The topological polar surface area (TPSA) is 69.7 Å². The van der Waals surface area contributed by atoms with Crippen LogP contribution in [0.2, 0.25) is 0 Å². The molecule has 3 amide bonds. The van der Waals surface area contributed by atoms with Gasteiger partial charge in [-0.2, -0.15) is 13.2 Å². The first-order valence-electron chi connectivity index (χ1n) is 8.74. The van der Waals surface area contributed by atoms with Crippen LogP contribution in [0.1, 0.15) is 31.7 Å². The van der Waals surface area contributed by atoms with Crippen LogP contribution in [0, 0.1) is 0 Å². The third-order valence-electron chi connectivity index (χ3n) is 4.32. The Morgan fingerprint density at radius 2 is 1.93 bits per heavy atom. The van der Waals surface area contributed by atoms with Gasteiger partial charge >= 0.3 is 6.18 Å². The van der Waals surface area contributed by atoms with E-state index in [9.17, 15) is 27.6 Å². The van der Waals surface area contributed by atoms with Crippen molar-refractivity contribution in [2.24, 2.45) is 0 Å². The van der Waals surface area contributed by atoms with E-state index in [0.717, 1.165) is 25.0 Å². The molecule has 1 aromatic rings. The number of likely N-dealkylation sites (tertiary alicyclic amines) is 1. The van der Waals surface area contributed by atoms with Gasteiger partial charge in [0.25, 0.3) is 0 Å². The molecule has 27 heavy (non-hydrogen) atoms. The molecule has 0 unspecified atom stereocenters. The highest BCUT2D eigenvalue weighted by atomic mass is 19.4. The SMILES string of the molecule is CCN(CC(=O)Nc1ccccc1C(F)(F)F)C(=O)CN1CCCCC1=O. The summed E-state index contributed by atoms with van der Waals surface area (Å²) in [5, 5.41) is 2.22. The van der Waals surface area contributed by atoms with Gasteiger partial charge < -0.3 is 15.1 Å². The summed E-state index contributed by atoms with van der Waals surface area (Å²) in [5.41, 5.74) is -1.31. The third-order valence-corrected chi connectivity index (χ3v) is 4.32. The summed E-state index contributed by atoms with van der Waals surface area (Å²) in [6.07, 6.45) is -2.59. The second-order valence-electron chi connectivity index (χ2n) is 6.27. The second-order valence-corrected chi connectivity index (χ2v) is 6.27. The number of rotatable bonds is 6. The minimum Gasteiger partial charge on any atom is -0.333 e. The number of halogens is 3. The molecule has 0 saturated carbocycles. The number of amides is 3. The van der Waals surface area contributed by atoms with Crippen LogP contribution < -0.4 is 5.32 Å². The summed E-state index contributed by atoms with van der Waals surface area (Å²) in [6.45, 7) is 1.85. The quantitative estimate of drug-likeness (QED) is 0.818. The molecule has 0 atom stereocenters. The fraction of sp³-hybridized carbons (Fsp3) is 0.500. The number of nitrogens with one attached hydrogen (secondary N) is 1. The first-order chi connectivity index (χ1) is 12.7. The molecular weight excluding hydrogens is 363 g/mol. The number of alkyl halides is 3. The molecule has 0 aromatic heterocycles. The van der Waals surface area contributed by atoms with Crippen LogP contribution in [0.4, 0.5) is 18.9 Å². The summed E-state index contributed by atoms with van der Waals surface area (Å²) in [4.78, 5) is 39.0. The van der Waals surface area contributed by atoms with Gasteiger partial charge in [-0.05, 0) is 31.9 Å². The zero-order chi connectivity index (χ0) is 20.0. The summed E-state index contributed by atoms with van der Waals surface area (Å²) in [7, 11) is 0. The van der Waals surface area contributed by atoms with Crippen molar-refractivity contribution in [3.63, 3.8) is 0 Å². The van der Waals surface area contributed by atoms with Gasteiger partial charge in [0.2, 0.25) is 17.7 Å². The molecule has 0 radical (unpaired) electrons. The van der Waals surface area contributed by atoms with Gasteiger partial charge in [-0.3, -0.25) is 14.4 Å². The van der Waals surface area contributed by atoms with Crippen molar-refractivity contribution in [1.29, 1.82) is 0 Å². The van der Waals surface area contributed by atoms with E-state index in [1.807, 2.05) is 0 Å². The van der Waals surface area contributed by atoms with Gasteiger partial charge in [0.05, 0.1) is 24.3 Å². The standard InChI is InChI=1S/C18H22F3N3O3/c1-2-23(17(27)12-24-10-6-5-9-16(24)26)11-15(25)22-14-8-4-3-7-13(14)18(19,20)21/h3-4,7-8H,2,5-6,9-12H2,1H3,(H,22,25). The number of likely N-dealkylation sites (N-methyl/N-ethyl adjacent to an activating group) is 1. The van der Waals surface area contributed by atoms with Crippen molar-refractivity contribution < 1.29 is 27.6 Å². The number of hydrogen-bond acceptors (Lipinski definition) is 3. The Bertz CT molecular complexity index is 707. The van der Waals surface area contributed by atoms with E-state index in [1.54, 1.807) is 6.92 Å². The summed E-state index contributed by atoms with van der Waals surface area (Å²) in [5.74, 6) is -1.24. The molecule has 1 fully saturated rings. The van der Waals surface area contributed by atoms with Gasteiger partial charge in [-0.15, -0.1) is 0 Å². The zero-order valence-corrected chi connectivity index (χ0v) is 15.0. The first-order valence-corrected chi connectivity index (χ1v) is 8.74. The van der Waals surface area contributed by atoms with Gasteiger partial charge in [-0.25, -0.2) is 0 Å². The lowest BCUT2D eigenvalue weighted by Gasteiger charge is -2.29. The molecule has 1 aliphatic rings. The molecule has 0 spiro atoms. The summed E-state index contributed by atoms with van der Waals surface area (Å²) < 4.78 is 39.0. The van der Waals surface area contributed by atoms with Gasteiger partial charge in [-0.1, -0.05) is 12.1 Å². The fourth-order valence-electron chi connectivity index (χ4n) is 2.87. The van der Waals surface area contributed by atoms with Crippen LogP contribution in [0.5, 0.6) is 0 Å². The molecule has 1 aliphatic heterocycles. The lowest BCUT2D eigenvalue weighted by atomic mass is 10.1. The highest BCUT2D eigenvalue weighted by Gasteiger charge is 2.33. The Hall–Kier alpha value is -2.58. The maximum absolute atomic E-state index is 13.0. The van der Waals surface area contributed by atoms with Crippen molar-refractivity contribution >= 4 is 23.4 Å². The molecule has 2 rings (SSSR count). The van der Waals surface area contributed by atoms with Crippen LogP contribution in [0.15, 0.2) is 24.3 Å². The van der Waals surface area contributed by atoms with Crippen LogP contribution in [-0.4, -0.2) is 53.7 Å².